The van der Waals surface area contributed by atoms with Crippen LogP contribution in [-0.4, -0.2) is 34.5 Å². The summed E-state index contributed by atoms with van der Waals surface area (Å²) < 4.78 is 12.8. The van der Waals surface area contributed by atoms with Gasteiger partial charge in [0.25, 0.3) is 11.8 Å². The summed E-state index contributed by atoms with van der Waals surface area (Å²) in [5.74, 6) is -1.13. The zero-order valence-electron chi connectivity index (χ0n) is 17.5. The fraction of sp³-hybridized carbons (Fsp3) is 0.200. The Balaban J connectivity index is 0.000000319. The van der Waals surface area contributed by atoms with Gasteiger partial charge in [0, 0.05) is 11.4 Å². The Bertz CT molecular complexity index is 958. The number of hydrogen-bond acceptors (Lipinski definition) is 3. The molecule has 31 heavy (non-hydrogen) atoms. The monoisotopic (exact) mass is 441 g/mol. The van der Waals surface area contributed by atoms with Crippen molar-refractivity contribution in [3.05, 3.63) is 106 Å². The molecule has 0 radical (unpaired) electrons. The fourth-order valence-corrected chi connectivity index (χ4v) is 3.13. The van der Waals surface area contributed by atoms with E-state index in [1.165, 1.54) is 12.1 Å². The smallest absolute Gasteiger partial charge is 0.261 e. The highest BCUT2D eigenvalue weighted by Gasteiger charge is 2.35. The molecule has 1 heterocycles. The van der Waals surface area contributed by atoms with Crippen molar-refractivity contribution in [2.75, 3.05) is 6.54 Å². The lowest BCUT2D eigenvalue weighted by molar-refractivity contribution is 0.0544. The van der Waals surface area contributed by atoms with E-state index in [0.717, 1.165) is 15.5 Å². The molecule has 4 rings (SSSR count). The van der Waals surface area contributed by atoms with Crippen LogP contribution in [0.4, 0.5) is 4.39 Å². The van der Waals surface area contributed by atoms with Gasteiger partial charge in [0.05, 0.1) is 23.8 Å². The Kier molecular flexibility index (Phi) is 9.38. The Morgan fingerprint density at radius 3 is 1.77 bits per heavy atom. The Morgan fingerprint density at radius 1 is 0.839 bits per heavy atom. The number of carbonyl (C=O) groups excluding carboxylic acids is 2. The summed E-state index contributed by atoms with van der Waals surface area (Å²) in [4.78, 5) is 25.4. The van der Waals surface area contributed by atoms with Gasteiger partial charge in [-0.1, -0.05) is 67.9 Å². The molecule has 0 spiro atoms. The molecule has 0 saturated carbocycles. The number of rotatable bonds is 4. The summed E-state index contributed by atoms with van der Waals surface area (Å²) in [6.45, 7) is 3.92. The molecule has 1 unspecified atom stereocenters. The second-order valence-electron chi connectivity index (χ2n) is 6.55. The molecule has 4 nitrogen and oxygen atoms in total. The molecule has 3 aromatic rings. The maximum absolute atomic E-state index is 12.8. The zero-order chi connectivity index (χ0) is 22.8. The number of aliphatic hydroxyl groups is 1. The summed E-state index contributed by atoms with van der Waals surface area (Å²) in [5.41, 5.74) is 1.47. The van der Waals surface area contributed by atoms with E-state index < -0.39 is 17.9 Å². The van der Waals surface area contributed by atoms with E-state index >= 15 is 0 Å². The van der Waals surface area contributed by atoms with Crippen LogP contribution in [0.1, 0.15) is 40.1 Å². The number of carbonyl (C=O) groups is 2. The second-order valence-corrected chi connectivity index (χ2v) is 6.98. The quantitative estimate of drug-likeness (QED) is 0.552. The number of nitrogens with zero attached hydrogens (tertiary/aromatic N) is 1. The van der Waals surface area contributed by atoms with Gasteiger partial charge in [-0.25, -0.2) is 4.39 Å². The van der Waals surface area contributed by atoms with Crippen LogP contribution in [0.5, 0.6) is 0 Å². The molecule has 2 amide bonds. The summed E-state index contributed by atoms with van der Waals surface area (Å²) in [7, 11) is 0. The Labute approximate surface area is 186 Å². The lowest BCUT2D eigenvalue weighted by atomic mass is 10.1. The van der Waals surface area contributed by atoms with E-state index in [1.807, 2.05) is 44.2 Å². The van der Waals surface area contributed by atoms with Crippen LogP contribution in [0.15, 0.2) is 78.9 Å². The molecular formula is C25H25ClFNO3. The van der Waals surface area contributed by atoms with Crippen molar-refractivity contribution in [3.63, 3.8) is 0 Å². The number of fused-ring (bicyclic) bond motifs is 1. The maximum Gasteiger partial charge on any atom is 0.261 e. The summed E-state index contributed by atoms with van der Waals surface area (Å²) >= 11 is 5.54. The van der Waals surface area contributed by atoms with Crippen molar-refractivity contribution in [1.29, 1.82) is 0 Å². The van der Waals surface area contributed by atoms with Gasteiger partial charge < -0.3 is 5.11 Å². The van der Waals surface area contributed by atoms with Gasteiger partial charge in [-0.15, -0.1) is 0 Å². The van der Waals surface area contributed by atoms with Crippen LogP contribution in [0.25, 0.3) is 0 Å². The van der Waals surface area contributed by atoms with Crippen LogP contribution in [0.3, 0.4) is 0 Å². The highest BCUT2D eigenvalue weighted by Crippen LogP contribution is 2.22. The molecule has 0 aliphatic carbocycles. The van der Waals surface area contributed by atoms with Crippen LogP contribution in [0.2, 0.25) is 5.02 Å². The number of β-amino-alcohol motifs (C(OH)–C–C–N with tert-alkyl or cyclic N) is 1. The maximum atomic E-state index is 12.8. The van der Waals surface area contributed by atoms with Crippen LogP contribution in [0, 0.1) is 5.82 Å². The predicted molar refractivity (Wildman–Crippen MR) is 121 cm³/mol. The SMILES string of the molecule is CC.Clc1ccccc1.O=C1c2ccccc2C(=O)N1CC(O)Cc1ccc(F)cc1. The van der Waals surface area contributed by atoms with Crippen molar-refractivity contribution in [3.8, 4) is 0 Å². The van der Waals surface area contributed by atoms with Gasteiger partial charge in [-0.05, 0) is 42.0 Å². The van der Waals surface area contributed by atoms with Crippen molar-refractivity contribution in [2.24, 2.45) is 0 Å². The van der Waals surface area contributed by atoms with E-state index in [4.69, 9.17) is 11.6 Å². The van der Waals surface area contributed by atoms with Gasteiger partial charge in [-0.2, -0.15) is 0 Å². The first kappa shape index (κ1) is 24.3. The standard InChI is InChI=1S/C17H14FNO3.C6H5Cl.C2H6/c18-12-7-5-11(6-8-12)9-13(20)10-19-16(21)14-3-1-2-4-15(14)17(19)22;7-6-4-2-1-3-5-6;1-2/h1-8,13,20H,9-10H2;1-5H;1-2H3. The first-order valence-corrected chi connectivity index (χ1v) is 10.4. The average Bonchev–Trinajstić information content (AvgIpc) is 3.03. The molecule has 0 aromatic heterocycles. The molecule has 1 N–H and O–H groups in total. The third kappa shape index (κ3) is 6.74. The number of aliphatic hydroxyl groups excluding tert-OH is 1. The molecule has 1 atom stereocenters. The van der Waals surface area contributed by atoms with Gasteiger partial charge in [0.15, 0.2) is 0 Å². The van der Waals surface area contributed by atoms with Crippen LogP contribution >= 0.6 is 11.6 Å². The van der Waals surface area contributed by atoms with Gasteiger partial charge >= 0.3 is 0 Å². The topological polar surface area (TPSA) is 57.6 Å². The first-order valence-electron chi connectivity index (χ1n) is 10.0. The molecule has 0 fully saturated rings. The van der Waals surface area contributed by atoms with Crippen molar-refractivity contribution < 1.29 is 19.1 Å². The number of amides is 2. The largest absolute Gasteiger partial charge is 0.391 e. The zero-order valence-corrected chi connectivity index (χ0v) is 18.2. The third-order valence-corrected chi connectivity index (χ3v) is 4.64. The lowest BCUT2D eigenvalue weighted by Gasteiger charge is -2.18. The predicted octanol–water partition coefficient (Wildman–Crippen LogP) is 5.39. The van der Waals surface area contributed by atoms with E-state index in [0.29, 0.717) is 11.1 Å². The number of hydrogen-bond donors (Lipinski definition) is 1. The lowest BCUT2D eigenvalue weighted by Crippen LogP contribution is -2.37. The first-order chi connectivity index (χ1) is 15.0. The molecule has 0 saturated heterocycles. The minimum atomic E-state index is -0.896. The average molecular weight is 442 g/mol. The summed E-state index contributed by atoms with van der Waals surface area (Å²) in [6, 6.07) is 21.8. The highest BCUT2D eigenvalue weighted by atomic mass is 35.5. The van der Waals surface area contributed by atoms with Crippen molar-refractivity contribution in [1.82, 2.24) is 4.90 Å². The molecule has 1 aliphatic rings. The van der Waals surface area contributed by atoms with Crippen LogP contribution in [-0.2, 0) is 6.42 Å². The molecule has 6 heteroatoms. The molecule has 3 aromatic carbocycles. The van der Waals surface area contributed by atoms with E-state index in [-0.39, 0.29) is 18.8 Å². The third-order valence-electron chi connectivity index (χ3n) is 4.39. The van der Waals surface area contributed by atoms with E-state index in [1.54, 1.807) is 36.4 Å². The molecule has 0 bridgehead atoms. The molecular weight excluding hydrogens is 417 g/mol. The fourth-order valence-electron chi connectivity index (χ4n) is 2.99. The minimum Gasteiger partial charge on any atom is -0.391 e. The van der Waals surface area contributed by atoms with Gasteiger partial charge in [-0.3, -0.25) is 14.5 Å². The van der Waals surface area contributed by atoms with Crippen molar-refractivity contribution in [2.45, 2.75) is 26.4 Å². The summed E-state index contributed by atoms with van der Waals surface area (Å²) in [5, 5.41) is 10.9. The molecule has 162 valence electrons. The van der Waals surface area contributed by atoms with Crippen molar-refractivity contribution >= 4 is 23.4 Å². The second kappa shape index (κ2) is 12.0. The molecule has 1 aliphatic heterocycles. The van der Waals surface area contributed by atoms with E-state index in [9.17, 15) is 19.1 Å². The minimum absolute atomic E-state index is 0.0796. The van der Waals surface area contributed by atoms with Gasteiger partial charge in [0.2, 0.25) is 0 Å². The normalized spacial score (nSPS) is 12.9. The van der Waals surface area contributed by atoms with Gasteiger partial charge in [0.1, 0.15) is 5.82 Å². The highest BCUT2D eigenvalue weighted by molar-refractivity contribution is 6.30. The van der Waals surface area contributed by atoms with E-state index in [2.05, 4.69) is 0 Å². The number of benzene rings is 3. The number of imide groups is 1. The Hall–Kier alpha value is -3.02. The summed E-state index contributed by atoms with van der Waals surface area (Å²) in [6.07, 6.45) is -0.652. The number of halogens is 2. The van der Waals surface area contributed by atoms with Crippen LogP contribution < -0.4 is 0 Å². The Morgan fingerprint density at radius 2 is 1.32 bits per heavy atom.